The van der Waals surface area contributed by atoms with Crippen molar-refractivity contribution >= 4 is 39.0 Å². The van der Waals surface area contributed by atoms with Crippen molar-refractivity contribution in [2.45, 2.75) is 6.54 Å². The summed E-state index contributed by atoms with van der Waals surface area (Å²) >= 11 is 5.15. The summed E-state index contributed by atoms with van der Waals surface area (Å²) in [6, 6.07) is 5.45. The van der Waals surface area contributed by atoms with Crippen LogP contribution in [0.4, 0.5) is 5.82 Å². The van der Waals surface area contributed by atoms with Gasteiger partial charge in [0.05, 0.1) is 6.54 Å². The Morgan fingerprint density at radius 1 is 1.53 bits per heavy atom. The number of amides is 1. The van der Waals surface area contributed by atoms with E-state index in [-0.39, 0.29) is 5.91 Å². The zero-order valence-corrected chi connectivity index (χ0v) is 12.7. The first kappa shape index (κ1) is 14.1. The van der Waals surface area contributed by atoms with Gasteiger partial charge in [-0.1, -0.05) is 0 Å². The number of likely N-dealkylation sites (N-methyl/N-ethyl adjacent to an activating group) is 1. The SMILES string of the molecule is CN(CC(=O)Nc1cccnn1)Cc1sccc1Br. The summed E-state index contributed by atoms with van der Waals surface area (Å²) in [5, 5.41) is 12.2. The highest BCUT2D eigenvalue weighted by atomic mass is 79.9. The smallest absolute Gasteiger partial charge is 0.239 e. The van der Waals surface area contributed by atoms with Gasteiger partial charge in [-0.15, -0.1) is 16.4 Å². The number of hydrogen-bond donors (Lipinski definition) is 1. The zero-order valence-electron chi connectivity index (χ0n) is 10.3. The van der Waals surface area contributed by atoms with Gasteiger partial charge in [0, 0.05) is 22.1 Å². The highest BCUT2D eigenvalue weighted by Gasteiger charge is 2.10. The van der Waals surface area contributed by atoms with Crippen LogP contribution in [0.5, 0.6) is 0 Å². The molecule has 0 unspecified atom stereocenters. The second-order valence-electron chi connectivity index (χ2n) is 4.02. The molecular formula is C12H13BrN4OS. The van der Waals surface area contributed by atoms with Gasteiger partial charge in [0.15, 0.2) is 5.82 Å². The van der Waals surface area contributed by atoms with Gasteiger partial charge in [-0.2, -0.15) is 5.10 Å². The average molecular weight is 341 g/mol. The Kier molecular flexibility index (Phi) is 5.00. The maximum atomic E-state index is 11.8. The number of thiophene rings is 1. The second-order valence-corrected chi connectivity index (χ2v) is 5.88. The summed E-state index contributed by atoms with van der Waals surface area (Å²) < 4.78 is 1.08. The lowest BCUT2D eigenvalue weighted by Crippen LogP contribution is -2.30. The molecule has 100 valence electrons. The topological polar surface area (TPSA) is 58.1 Å². The number of nitrogens with zero attached hydrogens (tertiary/aromatic N) is 3. The van der Waals surface area contributed by atoms with Crippen LogP contribution in [0, 0.1) is 0 Å². The van der Waals surface area contributed by atoms with Crippen molar-refractivity contribution in [1.82, 2.24) is 15.1 Å². The third-order valence-electron chi connectivity index (χ3n) is 2.36. The quantitative estimate of drug-likeness (QED) is 0.907. The molecule has 2 rings (SSSR count). The fourth-order valence-corrected chi connectivity index (χ4v) is 3.09. The fraction of sp³-hybridized carbons (Fsp3) is 0.250. The van der Waals surface area contributed by atoms with Crippen molar-refractivity contribution in [2.24, 2.45) is 0 Å². The van der Waals surface area contributed by atoms with E-state index in [1.807, 2.05) is 23.4 Å². The van der Waals surface area contributed by atoms with Crippen LogP contribution < -0.4 is 5.32 Å². The third-order valence-corrected chi connectivity index (χ3v) is 4.27. The van der Waals surface area contributed by atoms with Crippen LogP contribution in [0.15, 0.2) is 34.2 Å². The van der Waals surface area contributed by atoms with Crippen molar-refractivity contribution < 1.29 is 4.79 Å². The number of nitrogens with one attached hydrogen (secondary N) is 1. The van der Waals surface area contributed by atoms with E-state index in [9.17, 15) is 4.79 Å². The molecule has 0 spiro atoms. The molecule has 0 radical (unpaired) electrons. The maximum Gasteiger partial charge on any atom is 0.239 e. The van der Waals surface area contributed by atoms with E-state index < -0.39 is 0 Å². The lowest BCUT2D eigenvalue weighted by atomic mass is 10.4. The largest absolute Gasteiger partial charge is 0.308 e. The number of carbonyl (C=O) groups excluding carboxylic acids is 1. The van der Waals surface area contributed by atoms with Gasteiger partial charge in [0.2, 0.25) is 5.91 Å². The third kappa shape index (κ3) is 4.38. The van der Waals surface area contributed by atoms with E-state index in [0.717, 1.165) is 11.0 Å². The van der Waals surface area contributed by atoms with Crippen molar-refractivity contribution in [3.8, 4) is 0 Å². The minimum atomic E-state index is -0.101. The minimum Gasteiger partial charge on any atom is -0.308 e. The lowest BCUT2D eigenvalue weighted by molar-refractivity contribution is -0.117. The Morgan fingerprint density at radius 3 is 3.00 bits per heavy atom. The van der Waals surface area contributed by atoms with E-state index in [1.54, 1.807) is 29.7 Å². The standard InChI is InChI=1S/C12H13BrN4OS/c1-17(7-10-9(13)4-6-19-10)8-12(18)15-11-3-2-5-14-16-11/h2-6H,7-8H2,1H3,(H,15,16,18). The summed E-state index contributed by atoms with van der Waals surface area (Å²) in [4.78, 5) is 15.0. The molecule has 0 bridgehead atoms. The van der Waals surface area contributed by atoms with Crippen LogP contribution in [0.3, 0.4) is 0 Å². The minimum absolute atomic E-state index is 0.101. The first-order valence-electron chi connectivity index (χ1n) is 5.63. The Hall–Kier alpha value is -1.31. The predicted octanol–water partition coefficient (Wildman–Crippen LogP) is 2.37. The molecule has 0 aliphatic rings. The van der Waals surface area contributed by atoms with E-state index in [1.165, 1.54) is 4.88 Å². The molecule has 0 fully saturated rings. The number of halogens is 1. The number of aromatic nitrogens is 2. The number of rotatable bonds is 5. The first-order valence-corrected chi connectivity index (χ1v) is 7.30. The number of carbonyl (C=O) groups is 1. The van der Waals surface area contributed by atoms with Gasteiger partial charge in [0.25, 0.3) is 0 Å². The van der Waals surface area contributed by atoms with Crippen LogP contribution in [0.1, 0.15) is 4.88 Å². The van der Waals surface area contributed by atoms with Gasteiger partial charge in [-0.25, -0.2) is 0 Å². The molecule has 5 nitrogen and oxygen atoms in total. The first-order chi connectivity index (χ1) is 9.15. The van der Waals surface area contributed by atoms with Crippen molar-refractivity contribution in [2.75, 3.05) is 18.9 Å². The molecule has 0 atom stereocenters. The van der Waals surface area contributed by atoms with E-state index in [4.69, 9.17) is 0 Å². The molecule has 1 amide bonds. The zero-order chi connectivity index (χ0) is 13.7. The molecule has 19 heavy (non-hydrogen) atoms. The van der Waals surface area contributed by atoms with Gasteiger partial charge < -0.3 is 5.32 Å². The normalized spacial score (nSPS) is 10.7. The average Bonchev–Trinajstić information content (AvgIpc) is 2.76. The molecule has 0 aliphatic carbocycles. The van der Waals surface area contributed by atoms with Crippen LogP contribution in [-0.2, 0) is 11.3 Å². The molecular weight excluding hydrogens is 328 g/mol. The predicted molar refractivity (Wildman–Crippen MR) is 79.0 cm³/mol. The summed E-state index contributed by atoms with van der Waals surface area (Å²) in [6.07, 6.45) is 1.57. The van der Waals surface area contributed by atoms with E-state index in [2.05, 4.69) is 31.4 Å². The number of hydrogen-bond acceptors (Lipinski definition) is 5. The lowest BCUT2D eigenvalue weighted by Gasteiger charge is -2.15. The van der Waals surface area contributed by atoms with E-state index in [0.29, 0.717) is 12.4 Å². The second kappa shape index (κ2) is 6.74. The Balaban J connectivity index is 1.84. The highest BCUT2D eigenvalue weighted by Crippen LogP contribution is 2.23. The van der Waals surface area contributed by atoms with Gasteiger partial charge in [-0.05, 0) is 46.6 Å². The summed E-state index contributed by atoms with van der Waals surface area (Å²) in [7, 11) is 1.91. The number of anilines is 1. The van der Waals surface area contributed by atoms with Crippen molar-refractivity contribution in [1.29, 1.82) is 0 Å². The summed E-state index contributed by atoms with van der Waals surface area (Å²) in [5.74, 6) is 0.369. The molecule has 0 saturated heterocycles. The van der Waals surface area contributed by atoms with E-state index >= 15 is 0 Å². The van der Waals surface area contributed by atoms with Gasteiger partial charge in [0.1, 0.15) is 0 Å². The Labute approximate surface area is 123 Å². The molecule has 2 aromatic rings. The van der Waals surface area contributed by atoms with Crippen LogP contribution >= 0.6 is 27.3 Å². The highest BCUT2D eigenvalue weighted by molar-refractivity contribution is 9.10. The molecule has 2 heterocycles. The Bertz CT molecular complexity index is 546. The Morgan fingerprint density at radius 2 is 2.37 bits per heavy atom. The summed E-state index contributed by atoms with van der Waals surface area (Å²) in [5.41, 5.74) is 0. The van der Waals surface area contributed by atoms with Crippen LogP contribution in [0.2, 0.25) is 0 Å². The van der Waals surface area contributed by atoms with Crippen LogP contribution in [0.25, 0.3) is 0 Å². The molecule has 1 N–H and O–H groups in total. The van der Waals surface area contributed by atoms with Gasteiger partial charge in [-0.3, -0.25) is 9.69 Å². The molecule has 0 aliphatic heterocycles. The molecule has 0 saturated carbocycles. The van der Waals surface area contributed by atoms with Gasteiger partial charge >= 0.3 is 0 Å². The monoisotopic (exact) mass is 340 g/mol. The fourth-order valence-electron chi connectivity index (χ4n) is 1.53. The van der Waals surface area contributed by atoms with Crippen molar-refractivity contribution in [3.05, 3.63) is 39.1 Å². The molecule has 7 heteroatoms. The molecule has 2 aromatic heterocycles. The molecule has 0 aromatic carbocycles. The van der Waals surface area contributed by atoms with Crippen molar-refractivity contribution in [3.63, 3.8) is 0 Å². The summed E-state index contributed by atoms with van der Waals surface area (Å²) in [6.45, 7) is 1.03. The van der Waals surface area contributed by atoms with Crippen LogP contribution in [-0.4, -0.2) is 34.6 Å². The maximum absolute atomic E-state index is 11.8.